The van der Waals surface area contributed by atoms with Crippen LogP contribution in [0.4, 0.5) is 5.69 Å². The molecule has 1 N–H and O–H groups in total. The van der Waals surface area contributed by atoms with Crippen molar-refractivity contribution < 1.29 is 4.74 Å². The summed E-state index contributed by atoms with van der Waals surface area (Å²) in [6.45, 7) is 2.83. The fourth-order valence-electron chi connectivity index (χ4n) is 2.82. The molecule has 5 heteroatoms. The van der Waals surface area contributed by atoms with Gasteiger partial charge in [0, 0.05) is 43.1 Å². The van der Waals surface area contributed by atoms with Gasteiger partial charge < -0.3 is 15.0 Å². The maximum Gasteiger partial charge on any atom is 0.142 e. The summed E-state index contributed by atoms with van der Waals surface area (Å²) in [5, 5.41) is 4.35. The lowest BCUT2D eigenvalue weighted by Crippen LogP contribution is -2.32. The highest BCUT2D eigenvalue weighted by Crippen LogP contribution is 2.33. The molecular weight excluding hydrogens is 298 g/mol. The molecule has 4 nitrogen and oxygen atoms in total. The first-order valence-corrected chi connectivity index (χ1v) is 7.85. The van der Waals surface area contributed by atoms with Crippen molar-refractivity contribution in [2.75, 3.05) is 25.1 Å². The van der Waals surface area contributed by atoms with Crippen LogP contribution in [-0.2, 0) is 6.54 Å². The van der Waals surface area contributed by atoms with Crippen molar-refractivity contribution >= 4 is 17.3 Å². The number of hydrogen-bond donors (Lipinski definition) is 1. The molecule has 22 heavy (non-hydrogen) atoms. The lowest BCUT2D eigenvalue weighted by molar-refractivity contribution is 0.414. The van der Waals surface area contributed by atoms with E-state index in [1.165, 1.54) is 5.56 Å². The average molecular weight is 318 g/mol. The standard InChI is InChI=1S/C17H20ClN3O/c1-22-17-3-2-14(18)10-16(17)21-9-6-15(12-21)20-11-13-4-7-19-8-5-13/h2-5,7-8,10,15,20H,6,9,11-12H2,1H3. The van der Waals surface area contributed by atoms with Gasteiger partial charge in [0.2, 0.25) is 0 Å². The second-order valence-corrected chi connectivity index (χ2v) is 5.92. The van der Waals surface area contributed by atoms with E-state index in [1.807, 2.05) is 42.7 Å². The Bertz CT molecular complexity index is 621. The van der Waals surface area contributed by atoms with Gasteiger partial charge in [0.15, 0.2) is 0 Å². The monoisotopic (exact) mass is 317 g/mol. The Kier molecular flexibility index (Phi) is 4.80. The summed E-state index contributed by atoms with van der Waals surface area (Å²) >= 11 is 6.13. The van der Waals surface area contributed by atoms with Crippen LogP contribution in [0, 0.1) is 0 Å². The molecule has 0 saturated carbocycles. The van der Waals surface area contributed by atoms with E-state index >= 15 is 0 Å². The molecule has 0 aliphatic carbocycles. The van der Waals surface area contributed by atoms with E-state index in [2.05, 4.69) is 15.2 Å². The second-order valence-electron chi connectivity index (χ2n) is 5.48. The zero-order valence-electron chi connectivity index (χ0n) is 12.6. The summed E-state index contributed by atoms with van der Waals surface area (Å²) in [6.07, 6.45) is 4.77. The SMILES string of the molecule is COc1ccc(Cl)cc1N1CCC(NCc2ccncc2)C1. The van der Waals surface area contributed by atoms with Gasteiger partial charge >= 0.3 is 0 Å². The molecule has 3 rings (SSSR count). The molecule has 1 atom stereocenters. The molecule has 2 heterocycles. The van der Waals surface area contributed by atoms with Crippen molar-refractivity contribution in [2.45, 2.75) is 19.0 Å². The first-order chi connectivity index (χ1) is 10.8. The first-order valence-electron chi connectivity index (χ1n) is 7.47. The van der Waals surface area contributed by atoms with Crippen LogP contribution in [-0.4, -0.2) is 31.2 Å². The fourth-order valence-corrected chi connectivity index (χ4v) is 2.99. The number of anilines is 1. The summed E-state index contributed by atoms with van der Waals surface area (Å²) < 4.78 is 5.45. The molecule has 0 radical (unpaired) electrons. The molecule has 0 spiro atoms. The minimum Gasteiger partial charge on any atom is -0.495 e. The zero-order valence-corrected chi connectivity index (χ0v) is 13.4. The van der Waals surface area contributed by atoms with Crippen LogP contribution in [0.3, 0.4) is 0 Å². The molecule has 0 amide bonds. The number of nitrogens with zero attached hydrogens (tertiary/aromatic N) is 2. The van der Waals surface area contributed by atoms with E-state index in [9.17, 15) is 0 Å². The van der Waals surface area contributed by atoms with Gasteiger partial charge in [-0.2, -0.15) is 0 Å². The summed E-state index contributed by atoms with van der Waals surface area (Å²) in [7, 11) is 1.70. The minimum atomic E-state index is 0.469. The largest absolute Gasteiger partial charge is 0.495 e. The third-order valence-electron chi connectivity index (χ3n) is 4.01. The van der Waals surface area contributed by atoms with E-state index in [1.54, 1.807) is 7.11 Å². The van der Waals surface area contributed by atoms with Crippen LogP contribution in [0.5, 0.6) is 5.75 Å². The molecule has 1 aliphatic rings. The van der Waals surface area contributed by atoms with Crippen molar-refractivity contribution in [3.05, 3.63) is 53.3 Å². The first kappa shape index (κ1) is 15.1. The smallest absolute Gasteiger partial charge is 0.142 e. The van der Waals surface area contributed by atoms with Gasteiger partial charge in [0.25, 0.3) is 0 Å². The number of methoxy groups -OCH3 is 1. The van der Waals surface area contributed by atoms with Gasteiger partial charge in [-0.15, -0.1) is 0 Å². The highest BCUT2D eigenvalue weighted by molar-refractivity contribution is 6.30. The molecule has 1 aromatic heterocycles. The number of aromatic nitrogens is 1. The van der Waals surface area contributed by atoms with Gasteiger partial charge in [-0.25, -0.2) is 0 Å². The van der Waals surface area contributed by atoms with Crippen molar-refractivity contribution in [1.82, 2.24) is 10.3 Å². The van der Waals surface area contributed by atoms with E-state index in [-0.39, 0.29) is 0 Å². The molecule has 1 aromatic carbocycles. The highest BCUT2D eigenvalue weighted by atomic mass is 35.5. The number of hydrogen-bond acceptors (Lipinski definition) is 4. The Hall–Kier alpha value is -1.78. The number of ether oxygens (including phenoxy) is 1. The van der Waals surface area contributed by atoms with E-state index < -0.39 is 0 Å². The van der Waals surface area contributed by atoms with Gasteiger partial charge in [0.05, 0.1) is 12.8 Å². The van der Waals surface area contributed by atoms with E-state index in [0.717, 1.165) is 42.5 Å². The summed E-state index contributed by atoms with van der Waals surface area (Å²) in [6, 6.07) is 10.3. The molecule has 1 unspecified atom stereocenters. The van der Waals surface area contributed by atoms with E-state index in [0.29, 0.717) is 6.04 Å². The average Bonchev–Trinajstić information content (AvgIpc) is 3.03. The summed E-state index contributed by atoms with van der Waals surface area (Å²) in [4.78, 5) is 6.37. The molecule has 2 aromatic rings. The number of halogens is 1. The molecule has 0 bridgehead atoms. The Morgan fingerprint density at radius 3 is 2.91 bits per heavy atom. The Balaban J connectivity index is 1.61. The molecule has 1 saturated heterocycles. The van der Waals surface area contributed by atoms with Gasteiger partial charge in [-0.05, 0) is 42.3 Å². The summed E-state index contributed by atoms with van der Waals surface area (Å²) in [5.74, 6) is 0.874. The second kappa shape index (κ2) is 6.99. The van der Waals surface area contributed by atoms with Crippen LogP contribution >= 0.6 is 11.6 Å². The van der Waals surface area contributed by atoms with E-state index in [4.69, 9.17) is 16.3 Å². The van der Waals surface area contributed by atoms with Crippen LogP contribution in [0.2, 0.25) is 5.02 Å². The number of nitrogens with one attached hydrogen (secondary N) is 1. The fraction of sp³-hybridized carbons (Fsp3) is 0.353. The van der Waals surface area contributed by atoms with Crippen LogP contribution < -0.4 is 15.0 Å². The third kappa shape index (κ3) is 3.51. The molecule has 1 aliphatic heterocycles. The van der Waals surface area contributed by atoms with Crippen molar-refractivity contribution in [2.24, 2.45) is 0 Å². The predicted octanol–water partition coefficient (Wildman–Crippen LogP) is 3.11. The van der Waals surface area contributed by atoms with Gasteiger partial charge in [-0.3, -0.25) is 4.98 Å². The lowest BCUT2D eigenvalue weighted by Gasteiger charge is -2.22. The molecule has 1 fully saturated rings. The summed E-state index contributed by atoms with van der Waals surface area (Å²) in [5.41, 5.74) is 2.33. The van der Waals surface area contributed by atoms with Crippen LogP contribution in [0.25, 0.3) is 0 Å². The quantitative estimate of drug-likeness (QED) is 0.919. The van der Waals surface area contributed by atoms with Crippen LogP contribution in [0.15, 0.2) is 42.7 Å². The normalized spacial score (nSPS) is 17.7. The maximum absolute atomic E-state index is 6.13. The number of pyridine rings is 1. The topological polar surface area (TPSA) is 37.4 Å². The van der Waals surface area contributed by atoms with Gasteiger partial charge in [0.1, 0.15) is 5.75 Å². The Labute approximate surface area is 136 Å². The Morgan fingerprint density at radius 1 is 1.32 bits per heavy atom. The minimum absolute atomic E-state index is 0.469. The Morgan fingerprint density at radius 2 is 2.14 bits per heavy atom. The zero-order chi connectivity index (χ0) is 15.4. The highest BCUT2D eigenvalue weighted by Gasteiger charge is 2.24. The number of benzene rings is 1. The van der Waals surface area contributed by atoms with Crippen LogP contribution in [0.1, 0.15) is 12.0 Å². The molecular formula is C17H20ClN3O. The van der Waals surface area contributed by atoms with Crippen molar-refractivity contribution in [1.29, 1.82) is 0 Å². The number of rotatable bonds is 5. The maximum atomic E-state index is 6.13. The lowest BCUT2D eigenvalue weighted by atomic mass is 10.2. The third-order valence-corrected chi connectivity index (χ3v) is 4.25. The van der Waals surface area contributed by atoms with Crippen molar-refractivity contribution in [3.63, 3.8) is 0 Å². The molecule has 116 valence electrons. The van der Waals surface area contributed by atoms with Gasteiger partial charge in [-0.1, -0.05) is 11.6 Å². The predicted molar refractivity (Wildman–Crippen MR) is 89.7 cm³/mol. The van der Waals surface area contributed by atoms with Crippen molar-refractivity contribution in [3.8, 4) is 5.75 Å².